The molecule has 0 fully saturated rings. The Labute approximate surface area is 130 Å². The number of ether oxygens (including phenoxy) is 1. The average Bonchev–Trinajstić information content (AvgIpc) is 2.90. The maximum absolute atomic E-state index is 12.0. The van der Waals surface area contributed by atoms with E-state index >= 15 is 0 Å². The van der Waals surface area contributed by atoms with E-state index in [0.717, 1.165) is 18.3 Å². The molecule has 1 aromatic rings. The Balaban J connectivity index is 1.97. The lowest BCUT2D eigenvalue weighted by molar-refractivity contribution is -0.146. The number of esters is 1. The summed E-state index contributed by atoms with van der Waals surface area (Å²) in [4.78, 5) is 23.5. The van der Waals surface area contributed by atoms with Crippen molar-refractivity contribution in [3.63, 3.8) is 0 Å². The van der Waals surface area contributed by atoms with E-state index < -0.39 is 17.1 Å². The number of aldehydes is 1. The summed E-state index contributed by atoms with van der Waals surface area (Å²) in [7, 11) is 0. The lowest BCUT2D eigenvalue weighted by atomic mass is 9.89. The number of nitrogens with zero attached hydrogens (tertiary/aromatic N) is 1. The summed E-state index contributed by atoms with van der Waals surface area (Å²) in [5, 5.41) is 4.02. The SMILES string of the molecule is CC(C)(C)OC(=O)C1=NN[C@@](C=O)(CCc2ccccc2)C1. The van der Waals surface area contributed by atoms with Gasteiger partial charge in [-0.3, -0.25) is 5.43 Å². The van der Waals surface area contributed by atoms with Gasteiger partial charge in [0, 0.05) is 6.42 Å². The first-order valence-electron chi connectivity index (χ1n) is 7.41. The molecule has 1 heterocycles. The number of carbonyl (C=O) groups excluding carboxylic acids is 2. The van der Waals surface area contributed by atoms with Crippen molar-refractivity contribution in [3.8, 4) is 0 Å². The topological polar surface area (TPSA) is 67.8 Å². The Bertz CT molecular complexity index is 575. The number of hydrazone groups is 1. The van der Waals surface area contributed by atoms with Crippen LogP contribution in [-0.2, 0) is 20.7 Å². The van der Waals surface area contributed by atoms with E-state index in [-0.39, 0.29) is 12.1 Å². The number of hydrogen-bond donors (Lipinski definition) is 1. The quantitative estimate of drug-likeness (QED) is 0.669. The van der Waals surface area contributed by atoms with Gasteiger partial charge in [0.05, 0.1) is 0 Å². The van der Waals surface area contributed by atoms with E-state index in [9.17, 15) is 9.59 Å². The van der Waals surface area contributed by atoms with Crippen LogP contribution in [0.3, 0.4) is 0 Å². The molecule has 0 aromatic heterocycles. The standard InChI is InChI=1S/C17H22N2O3/c1-16(2,3)22-15(21)14-11-17(12-20,19-18-14)10-9-13-7-5-4-6-8-13/h4-8,12,19H,9-11H2,1-3H3/t17-/m0/s1. The number of carbonyl (C=O) groups is 2. The van der Waals surface area contributed by atoms with Crippen LogP contribution in [0.4, 0.5) is 0 Å². The molecule has 22 heavy (non-hydrogen) atoms. The van der Waals surface area contributed by atoms with Crippen LogP contribution in [-0.4, -0.2) is 29.1 Å². The van der Waals surface area contributed by atoms with Gasteiger partial charge in [-0.2, -0.15) is 5.10 Å². The van der Waals surface area contributed by atoms with Crippen molar-refractivity contribution < 1.29 is 14.3 Å². The van der Waals surface area contributed by atoms with Crippen molar-refractivity contribution in [2.45, 2.75) is 51.2 Å². The summed E-state index contributed by atoms with van der Waals surface area (Å²) in [5.74, 6) is -0.469. The van der Waals surface area contributed by atoms with Crippen molar-refractivity contribution in [1.29, 1.82) is 0 Å². The molecule has 0 saturated heterocycles. The maximum atomic E-state index is 12.0. The van der Waals surface area contributed by atoms with Gasteiger partial charge in [0.2, 0.25) is 0 Å². The van der Waals surface area contributed by atoms with Crippen LogP contribution in [0.2, 0.25) is 0 Å². The van der Waals surface area contributed by atoms with Crippen molar-refractivity contribution in [1.82, 2.24) is 5.43 Å². The second kappa shape index (κ2) is 6.30. The zero-order valence-electron chi connectivity index (χ0n) is 13.3. The van der Waals surface area contributed by atoms with E-state index in [1.54, 1.807) is 20.8 Å². The number of rotatable bonds is 5. The fraction of sp³-hybridized carbons (Fsp3) is 0.471. The Morgan fingerprint density at radius 2 is 2.05 bits per heavy atom. The van der Waals surface area contributed by atoms with Crippen molar-refractivity contribution in [2.24, 2.45) is 5.10 Å². The molecule has 0 saturated carbocycles. The molecule has 1 aliphatic heterocycles. The number of nitrogens with one attached hydrogen (secondary N) is 1. The molecular weight excluding hydrogens is 280 g/mol. The molecule has 0 amide bonds. The maximum Gasteiger partial charge on any atom is 0.355 e. The summed E-state index contributed by atoms with van der Waals surface area (Å²) >= 11 is 0. The third-order valence-corrected chi connectivity index (χ3v) is 3.46. The Hall–Kier alpha value is -2.17. The van der Waals surface area contributed by atoms with Crippen LogP contribution in [0.25, 0.3) is 0 Å². The smallest absolute Gasteiger partial charge is 0.355 e. The van der Waals surface area contributed by atoms with Crippen LogP contribution in [0.5, 0.6) is 0 Å². The fourth-order valence-corrected chi connectivity index (χ4v) is 2.29. The second-order valence-corrected chi connectivity index (χ2v) is 6.61. The first-order chi connectivity index (χ1) is 10.3. The Morgan fingerprint density at radius 1 is 1.36 bits per heavy atom. The summed E-state index contributed by atoms with van der Waals surface area (Å²) in [6.45, 7) is 5.41. The van der Waals surface area contributed by atoms with Gasteiger partial charge in [-0.05, 0) is 39.2 Å². The van der Waals surface area contributed by atoms with Gasteiger partial charge in [0.25, 0.3) is 0 Å². The predicted octanol–water partition coefficient (Wildman–Crippen LogP) is 2.25. The Morgan fingerprint density at radius 3 is 2.64 bits per heavy atom. The van der Waals surface area contributed by atoms with Crippen LogP contribution in [0.1, 0.15) is 39.2 Å². The van der Waals surface area contributed by atoms with Crippen LogP contribution < -0.4 is 5.43 Å². The highest BCUT2D eigenvalue weighted by molar-refractivity contribution is 6.37. The fourth-order valence-electron chi connectivity index (χ4n) is 2.29. The highest BCUT2D eigenvalue weighted by atomic mass is 16.6. The van der Waals surface area contributed by atoms with Gasteiger partial charge in [-0.15, -0.1) is 0 Å². The van der Waals surface area contributed by atoms with Crippen molar-refractivity contribution in [2.75, 3.05) is 0 Å². The molecular formula is C17H22N2O3. The molecule has 118 valence electrons. The molecule has 0 radical (unpaired) electrons. The summed E-state index contributed by atoms with van der Waals surface area (Å²) < 4.78 is 5.30. The molecule has 5 heteroatoms. The first-order valence-corrected chi connectivity index (χ1v) is 7.41. The number of hydrogen-bond acceptors (Lipinski definition) is 5. The lowest BCUT2D eigenvalue weighted by Crippen LogP contribution is -2.42. The highest BCUT2D eigenvalue weighted by Gasteiger charge is 2.39. The highest BCUT2D eigenvalue weighted by Crippen LogP contribution is 2.23. The van der Waals surface area contributed by atoms with E-state index in [4.69, 9.17) is 4.74 Å². The van der Waals surface area contributed by atoms with Gasteiger partial charge in [0.15, 0.2) is 0 Å². The van der Waals surface area contributed by atoms with Crippen molar-refractivity contribution in [3.05, 3.63) is 35.9 Å². The lowest BCUT2D eigenvalue weighted by Gasteiger charge is -2.22. The number of aryl methyl sites for hydroxylation is 1. The average molecular weight is 302 g/mol. The zero-order valence-corrected chi connectivity index (χ0v) is 13.3. The van der Waals surface area contributed by atoms with Gasteiger partial charge in [-0.25, -0.2) is 4.79 Å². The minimum atomic E-state index is -0.817. The summed E-state index contributed by atoms with van der Waals surface area (Å²) in [6.07, 6.45) is 2.43. The molecule has 1 aromatic carbocycles. The van der Waals surface area contributed by atoms with Gasteiger partial charge in [-0.1, -0.05) is 30.3 Å². The monoisotopic (exact) mass is 302 g/mol. The molecule has 1 N–H and O–H groups in total. The van der Waals surface area contributed by atoms with Crippen LogP contribution in [0, 0.1) is 0 Å². The molecule has 0 unspecified atom stereocenters. The molecule has 1 aliphatic rings. The molecule has 2 rings (SSSR count). The molecule has 5 nitrogen and oxygen atoms in total. The normalized spacial score (nSPS) is 21.0. The van der Waals surface area contributed by atoms with E-state index in [1.807, 2.05) is 30.3 Å². The first kappa shape index (κ1) is 16.2. The number of benzene rings is 1. The van der Waals surface area contributed by atoms with Crippen molar-refractivity contribution >= 4 is 18.0 Å². The van der Waals surface area contributed by atoms with Crippen LogP contribution in [0.15, 0.2) is 35.4 Å². The van der Waals surface area contributed by atoms with Gasteiger partial charge >= 0.3 is 5.97 Å². The third kappa shape index (κ3) is 4.16. The Kier molecular flexibility index (Phi) is 4.64. The van der Waals surface area contributed by atoms with Gasteiger partial charge in [0.1, 0.15) is 23.1 Å². The van der Waals surface area contributed by atoms with E-state index in [2.05, 4.69) is 10.5 Å². The van der Waals surface area contributed by atoms with Crippen LogP contribution >= 0.6 is 0 Å². The minimum absolute atomic E-state index is 0.262. The predicted molar refractivity (Wildman–Crippen MR) is 84.6 cm³/mol. The summed E-state index contributed by atoms with van der Waals surface area (Å²) in [5.41, 5.74) is 2.86. The zero-order chi connectivity index (χ0) is 16.2. The molecule has 0 spiro atoms. The van der Waals surface area contributed by atoms with E-state index in [1.165, 1.54) is 0 Å². The second-order valence-electron chi connectivity index (χ2n) is 6.61. The molecule has 0 bridgehead atoms. The minimum Gasteiger partial charge on any atom is -0.455 e. The van der Waals surface area contributed by atoms with Gasteiger partial charge < -0.3 is 9.53 Å². The molecule has 1 atom stereocenters. The van der Waals surface area contributed by atoms with E-state index in [0.29, 0.717) is 6.42 Å². The third-order valence-electron chi connectivity index (χ3n) is 3.46. The largest absolute Gasteiger partial charge is 0.455 e. The molecule has 0 aliphatic carbocycles. The summed E-state index contributed by atoms with van der Waals surface area (Å²) in [6, 6.07) is 9.92.